The molecule has 23 heavy (non-hydrogen) atoms. The summed E-state index contributed by atoms with van der Waals surface area (Å²) in [5.41, 5.74) is 1.25. The van der Waals surface area contributed by atoms with Crippen molar-refractivity contribution in [3.63, 3.8) is 0 Å². The molecule has 2 heterocycles. The van der Waals surface area contributed by atoms with E-state index in [1.807, 2.05) is 17.0 Å². The molecule has 2 aromatic rings. The van der Waals surface area contributed by atoms with Crippen LogP contribution >= 0.6 is 11.3 Å². The molecule has 2 unspecified atom stereocenters. The molecule has 1 aliphatic rings. The summed E-state index contributed by atoms with van der Waals surface area (Å²) < 4.78 is 0. The third kappa shape index (κ3) is 3.75. The summed E-state index contributed by atoms with van der Waals surface area (Å²) >= 11 is 1.73. The Morgan fingerprint density at radius 2 is 1.78 bits per heavy atom. The van der Waals surface area contributed by atoms with Gasteiger partial charge in [0, 0.05) is 42.2 Å². The molecule has 1 aliphatic heterocycles. The van der Waals surface area contributed by atoms with Crippen LogP contribution < -0.4 is 4.90 Å². The van der Waals surface area contributed by atoms with Crippen LogP contribution in [0.3, 0.4) is 0 Å². The van der Waals surface area contributed by atoms with Gasteiger partial charge in [-0.25, -0.2) is 0 Å². The molecule has 0 spiro atoms. The van der Waals surface area contributed by atoms with Gasteiger partial charge in [-0.3, -0.25) is 4.79 Å². The van der Waals surface area contributed by atoms with E-state index in [0.717, 1.165) is 19.5 Å². The van der Waals surface area contributed by atoms with E-state index in [9.17, 15) is 4.79 Å². The predicted octanol–water partition coefficient (Wildman–Crippen LogP) is 3.81. The van der Waals surface area contributed by atoms with E-state index >= 15 is 0 Å². The number of carbonyl (C=O) groups excluding carboxylic acids is 1. The van der Waals surface area contributed by atoms with Gasteiger partial charge >= 0.3 is 0 Å². The third-order valence-corrected chi connectivity index (χ3v) is 5.43. The normalized spacial score (nSPS) is 21.5. The Labute approximate surface area is 142 Å². The number of piperazine rings is 1. The average Bonchev–Trinajstić information content (AvgIpc) is 3.06. The molecule has 2 atom stereocenters. The molecule has 0 bridgehead atoms. The number of rotatable bonds is 4. The molecule has 122 valence electrons. The van der Waals surface area contributed by atoms with Crippen LogP contribution in [0.15, 0.2) is 47.8 Å². The lowest BCUT2D eigenvalue weighted by Gasteiger charge is -2.46. The second-order valence-electron chi connectivity index (χ2n) is 6.32. The van der Waals surface area contributed by atoms with Gasteiger partial charge in [-0.1, -0.05) is 24.3 Å². The van der Waals surface area contributed by atoms with Gasteiger partial charge < -0.3 is 9.80 Å². The summed E-state index contributed by atoms with van der Waals surface area (Å²) in [5, 5.41) is 2.07. The fraction of sp³-hybridized carbons (Fsp3) is 0.421. The summed E-state index contributed by atoms with van der Waals surface area (Å²) in [7, 11) is 0. The Morgan fingerprint density at radius 1 is 1.09 bits per heavy atom. The maximum atomic E-state index is 12.5. The fourth-order valence-corrected chi connectivity index (χ4v) is 4.19. The van der Waals surface area contributed by atoms with Crippen molar-refractivity contribution in [2.45, 2.75) is 38.8 Å². The highest BCUT2D eigenvalue weighted by molar-refractivity contribution is 7.09. The minimum Gasteiger partial charge on any atom is -0.363 e. The van der Waals surface area contributed by atoms with Crippen LogP contribution in [0.1, 0.15) is 25.1 Å². The molecule has 0 radical (unpaired) electrons. The topological polar surface area (TPSA) is 23.6 Å². The highest BCUT2D eigenvalue weighted by atomic mass is 32.1. The predicted molar refractivity (Wildman–Crippen MR) is 97.1 cm³/mol. The Kier molecular flexibility index (Phi) is 5.01. The molecule has 1 saturated heterocycles. The number of carbonyl (C=O) groups is 1. The number of aryl methyl sites for hydroxylation is 1. The summed E-state index contributed by atoms with van der Waals surface area (Å²) in [5.74, 6) is 0.282. The van der Waals surface area contributed by atoms with Gasteiger partial charge in [0.1, 0.15) is 0 Å². The zero-order valence-corrected chi connectivity index (χ0v) is 14.6. The minimum atomic E-state index is 0.282. The van der Waals surface area contributed by atoms with Crippen LogP contribution in [-0.4, -0.2) is 36.0 Å². The first kappa shape index (κ1) is 16.1. The van der Waals surface area contributed by atoms with E-state index in [1.165, 1.54) is 10.6 Å². The first-order valence-corrected chi connectivity index (χ1v) is 9.16. The van der Waals surface area contributed by atoms with Crippen molar-refractivity contribution in [3.8, 4) is 0 Å². The molecule has 1 aromatic carbocycles. The van der Waals surface area contributed by atoms with Gasteiger partial charge in [0.2, 0.25) is 5.91 Å². The number of hydrogen-bond acceptors (Lipinski definition) is 3. The van der Waals surface area contributed by atoms with Crippen LogP contribution in [0.4, 0.5) is 5.69 Å². The molecular weight excluding hydrogens is 304 g/mol. The Balaban J connectivity index is 1.61. The van der Waals surface area contributed by atoms with Crippen molar-refractivity contribution in [2.75, 3.05) is 18.0 Å². The molecule has 3 nitrogen and oxygen atoms in total. The van der Waals surface area contributed by atoms with Gasteiger partial charge in [-0.05, 0) is 43.8 Å². The van der Waals surface area contributed by atoms with Crippen molar-refractivity contribution < 1.29 is 4.79 Å². The average molecular weight is 328 g/mol. The molecule has 1 fully saturated rings. The first-order chi connectivity index (χ1) is 11.1. The minimum absolute atomic E-state index is 0.282. The molecule has 1 amide bonds. The van der Waals surface area contributed by atoms with E-state index in [-0.39, 0.29) is 5.91 Å². The van der Waals surface area contributed by atoms with Crippen molar-refractivity contribution in [3.05, 3.63) is 52.7 Å². The summed E-state index contributed by atoms with van der Waals surface area (Å²) in [6, 6.07) is 15.3. The number of hydrogen-bond donors (Lipinski definition) is 0. The summed E-state index contributed by atoms with van der Waals surface area (Å²) in [4.78, 5) is 18.3. The second kappa shape index (κ2) is 7.18. The third-order valence-electron chi connectivity index (χ3n) is 4.49. The summed E-state index contributed by atoms with van der Waals surface area (Å²) in [6.45, 7) is 6.04. The molecule has 0 aliphatic carbocycles. The van der Waals surface area contributed by atoms with Crippen molar-refractivity contribution in [2.24, 2.45) is 0 Å². The second-order valence-corrected chi connectivity index (χ2v) is 7.35. The zero-order valence-electron chi connectivity index (χ0n) is 13.8. The number of anilines is 1. The van der Waals surface area contributed by atoms with Crippen molar-refractivity contribution in [1.82, 2.24) is 4.90 Å². The molecule has 4 heteroatoms. The van der Waals surface area contributed by atoms with E-state index < -0.39 is 0 Å². The maximum Gasteiger partial charge on any atom is 0.223 e. The van der Waals surface area contributed by atoms with Crippen LogP contribution in [0.2, 0.25) is 0 Å². The molecule has 3 rings (SSSR count). The Hall–Kier alpha value is -1.81. The fourth-order valence-electron chi connectivity index (χ4n) is 3.48. The van der Waals surface area contributed by atoms with Gasteiger partial charge in [-0.2, -0.15) is 0 Å². The molecule has 1 aromatic heterocycles. The number of para-hydroxylation sites is 1. The lowest BCUT2D eigenvalue weighted by atomic mass is 10.1. The molecular formula is C19H24N2OS. The lowest BCUT2D eigenvalue weighted by molar-refractivity contribution is -0.132. The van der Waals surface area contributed by atoms with Crippen LogP contribution in [0, 0.1) is 0 Å². The van der Waals surface area contributed by atoms with Crippen molar-refractivity contribution >= 4 is 22.9 Å². The largest absolute Gasteiger partial charge is 0.363 e. The van der Waals surface area contributed by atoms with Crippen LogP contribution in [0.25, 0.3) is 0 Å². The van der Waals surface area contributed by atoms with Gasteiger partial charge in [0.05, 0.1) is 0 Å². The quantitative estimate of drug-likeness (QED) is 0.852. The monoisotopic (exact) mass is 328 g/mol. The Bertz CT molecular complexity index is 614. The molecule has 0 saturated carbocycles. The van der Waals surface area contributed by atoms with Gasteiger partial charge in [0.15, 0.2) is 0 Å². The number of thiophene rings is 1. The highest BCUT2D eigenvalue weighted by Gasteiger charge is 2.31. The van der Waals surface area contributed by atoms with Crippen LogP contribution in [-0.2, 0) is 11.2 Å². The van der Waals surface area contributed by atoms with E-state index in [1.54, 1.807) is 11.3 Å². The SMILES string of the molecule is CC1CN(C(=O)CCc2cccs2)CC(C)N1c1ccccc1. The van der Waals surface area contributed by atoms with E-state index in [2.05, 4.69) is 54.5 Å². The molecule has 0 N–H and O–H groups in total. The van der Waals surface area contributed by atoms with Gasteiger partial charge in [-0.15, -0.1) is 11.3 Å². The zero-order chi connectivity index (χ0) is 16.2. The lowest BCUT2D eigenvalue weighted by Crippen LogP contribution is -2.58. The number of nitrogens with zero attached hydrogens (tertiary/aromatic N) is 2. The first-order valence-electron chi connectivity index (χ1n) is 8.28. The van der Waals surface area contributed by atoms with E-state index in [4.69, 9.17) is 0 Å². The summed E-state index contributed by atoms with van der Waals surface area (Å²) in [6.07, 6.45) is 1.48. The smallest absolute Gasteiger partial charge is 0.223 e. The van der Waals surface area contributed by atoms with Gasteiger partial charge in [0.25, 0.3) is 0 Å². The van der Waals surface area contributed by atoms with E-state index in [0.29, 0.717) is 18.5 Å². The Morgan fingerprint density at radius 3 is 2.39 bits per heavy atom. The highest BCUT2D eigenvalue weighted by Crippen LogP contribution is 2.25. The standard InChI is InChI=1S/C19H24N2OS/c1-15-13-20(19(22)11-10-18-9-6-12-23-18)14-16(2)21(15)17-7-4-3-5-8-17/h3-9,12,15-16H,10-11,13-14H2,1-2H3. The number of benzene rings is 1. The number of amides is 1. The van der Waals surface area contributed by atoms with Crippen LogP contribution in [0.5, 0.6) is 0 Å². The maximum absolute atomic E-state index is 12.5. The van der Waals surface area contributed by atoms with Crippen molar-refractivity contribution in [1.29, 1.82) is 0 Å².